The lowest BCUT2D eigenvalue weighted by Gasteiger charge is -2.41. The van der Waals surface area contributed by atoms with Gasteiger partial charge in [-0.05, 0) is 73.7 Å². The number of fused-ring (bicyclic) bond motifs is 1. The molecule has 0 N–H and O–H groups in total. The Balaban J connectivity index is 1.28. The van der Waals surface area contributed by atoms with Crippen LogP contribution in [0.4, 0.5) is 0 Å². The lowest BCUT2D eigenvalue weighted by atomic mass is 9.84. The molecular weight excluding hydrogens is 450 g/mol. The van der Waals surface area contributed by atoms with Gasteiger partial charge in [-0.1, -0.05) is 42.5 Å². The average Bonchev–Trinajstić information content (AvgIpc) is 3.40. The number of hydrogen-bond acceptors (Lipinski definition) is 6. The maximum absolute atomic E-state index is 5.58. The lowest BCUT2D eigenvalue weighted by Crippen LogP contribution is -2.47. The van der Waals surface area contributed by atoms with Crippen molar-refractivity contribution in [1.82, 2.24) is 14.8 Å². The topological polar surface area (TPSA) is 47.1 Å². The Hall–Kier alpha value is -2.93. The molecule has 2 aromatic carbocycles. The molecule has 0 radical (unpaired) electrons. The van der Waals surface area contributed by atoms with E-state index in [4.69, 9.17) is 14.2 Å². The fourth-order valence-electron chi connectivity index (χ4n) is 5.51. The second-order valence-corrected chi connectivity index (χ2v) is 9.84. The van der Waals surface area contributed by atoms with E-state index in [0.29, 0.717) is 18.8 Å². The standard InChI is InChI=1S/C30H37N3O3/c1-34-18-17-33(22-27-9-5-6-14-31-27)28(19-24-7-3-2-4-8-24)26-12-15-32(16-13-26)21-25-10-11-29-30(20-25)36-23-35-29/h2-11,14,20,26,28H,12-13,15-19,21-23H2,1H3. The van der Waals surface area contributed by atoms with E-state index in [9.17, 15) is 0 Å². The number of piperidine rings is 1. The lowest BCUT2D eigenvalue weighted by molar-refractivity contribution is 0.0564. The Morgan fingerprint density at radius 3 is 2.56 bits per heavy atom. The number of aromatic nitrogens is 1. The van der Waals surface area contributed by atoms with Crippen molar-refractivity contribution in [2.24, 2.45) is 5.92 Å². The van der Waals surface area contributed by atoms with Gasteiger partial charge in [-0.25, -0.2) is 0 Å². The first-order chi connectivity index (χ1) is 17.8. The number of methoxy groups -OCH3 is 1. The smallest absolute Gasteiger partial charge is 0.231 e. The third-order valence-electron chi connectivity index (χ3n) is 7.45. The molecule has 0 bridgehead atoms. The molecule has 0 saturated carbocycles. The van der Waals surface area contributed by atoms with Crippen LogP contribution in [0.1, 0.15) is 29.7 Å². The zero-order chi connectivity index (χ0) is 24.6. The number of benzene rings is 2. The summed E-state index contributed by atoms with van der Waals surface area (Å²) in [7, 11) is 1.79. The summed E-state index contributed by atoms with van der Waals surface area (Å²) < 4.78 is 16.6. The van der Waals surface area contributed by atoms with E-state index in [1.165, 1.54) is 24.0 Å². The third kappa shape index (κ3) is 6.44. The number of nitrogens with zero attached hydrogens (tertiary/aromatic N) is 3. The monoisotopic (exact) mass is 487 g/mol. The number of likely N-dealkylation sites (tertiary alicyclic amines) is 1. The van der Waals surface area contributed by atoms with E-state index >= 15 is 0 Å². The Morgan fingerprint density at radius 1 is 0.972 bits per heavy atom. The molecule has 3 aromatic rings. The van der Waals surface area contributed by atoms with Crippen molar-refractivity contribution >= 4 is 0 Å². The molecule has 0 spiro atoms. The van der Waals surface area contributed by atoms with Gasteiger partial charge in [-0.2, -0.15) is 0 Å². The highest BCUT2D eigenvalue weighted by Gasteiger charge is 2.31. The quantitative estimate of drug-likeness (QED) is 0.388. The van der Waals surface area contributed by atoms with Crippen LogP contribution in [0.5, 0.6) is 11.5 Å². The van der Waals surface area contributed by atoms with Gasteiger partial charge in [0.15, 0.2) is 11.5 Å². The summed E-state index contributed by atoms with van der Waals surface area (Å²) in [5.74, 6) is 2.35. The van der Waals surface area contributed by atoms with Gasteiger partial charge in [-0.3, -0.25) is 14.8 Å². The highest BCUT2D eigenvalue weighted by molar-refractivity contribution is 5.44. The minimum atomic E-state index is 0.324. The van der Waals surface area contributed by atoms with Gasteiger partial charge in [0.25, 0.3) is 0 Å². The van der Waals surface area contributed by atoms with Gasteiger partial charge in [0.1, 0.15) is 0 Å². The number of rotatable bonds is 11. The van der Waals surface area contributed by atoms with Crippen LogP contribution in [0.15, 0.2) is 72.9 Å². The fraction of sp³-hybridized carbons (Fsp3) is 0.433. The summed E-state index contributed by atoms with van der Waals surface area (Å²) in [5.41, 5.74) is 3.80. The molecule has 6 nitrogen and oxygen atoms in total. The largest absolute Gasteiger partial charge is 0.454 e. The number of hydrogen-bond donors (Lipinski definition) is 0. The third-order valence-corrected chi connectivity index (χ3v) is 7.45. The Labute approximate surface area is 214 Å². The minimum absolute atomic E-state index is 0.324. The molecular formula is C30H37N3O3. The fourth-order valence-corrected chi connectivity index (χ4v) is 5.51. The van der Waals surface area contributed by atoms with Crippen LogP contribution in [0.2, 0.25) is 0 Å². The Kier molecular flexibility index (Phi) is 8.49. The maximum atomic E-state index is 5.58. The predicted molar refractivity (Wildman–Crippen MR) is 141 cm³/mol. The first kappa shape index (κ1) is 24.8. The molecule has 2 aliphatic rings. The summed E-state index contributed by atoms with van der Waals surface area (Å²) >= 11 is 0. The average molecular weight is 488 g/mol. The van der Waals surface area contributed by atoms with Gasteiger partial charge >= 0.3 is 0 Å². The van der Waals surface area contributed by atoms with Crippen LogP contribution in [0, 0.1) is 5.92 Å². The van der Waals surface area contributed by atoms with Crippen LogP contribution in [-0.4, -0.2) is 61.0 Å². The van der Waals surface area contributed by atoms with Crippen molar-refractivity contribution in [2.45, 2.75) is 38.4 Å². The summed E-state index contributed by atoms with van der Waals surface area (Å²) in [6.07, 6.45) is 5.32. The molecule has 2 aliphatic heterocycles. The highest BCUT2D eigenvalue weighted by atomic mass is 16.7. The van der Waals surface area contributed by atoms with Gasteiger partial charge < -0.3 is 14.2 Å². The molecule has 36 heavy (non-hydrogen) atoms. The van der Waals surface area contributed by atoms with Crippen molar-refractivity contribution in [2.75, 3.05) is 40.1 Å². The van der Waals surface area contributed by atoms with Crippen LogP contribution < -0.4 is 9.47 Å². The normalized spacial score (nSPS) is 16.9. The first-order valence-corrected chi connectivity index (χ1v) is 13.1. The zero-order valence-corrected chi connectivity index (χ0v) is 21.2. The summed E-state index contributed by atoms with van der Waals surface area (Å²) in [4.78, 5) is 9.82. The Bertz CT molecular complexity index is 1070. The Morgan fingerprint density at radius 2 is 1.78 bits per heavy atom. The van der Waals surface area contributed by atoms with E-state index in [1.54, 1.807) is 7.11 Å². The molecule has 1 saturated heterocycles. The zero-order valence-electron chi connectivity index (χ0n) is 21.2. The van der Waals surface area contributed by atoms with Crippen molar-refractivity contribution in [1.29, 1.82) is 0 Å². The van der Waals surface area contributed by atoms with Crippen molar-refractivity contribution in [3.63, 3.8) is 0 Å². The molecule has 1 unspecified atom stereocenters. The number of pyridine rings is 1. The van der Waals surface area contributed by atoms with E-state index in [1.807, 2.05) is 18.3 Å². The van der Waals surface area contributed by atoms with E-state index in [0.717, 1.165) is 62.9 Å². The molecule has 5 rings (SSSR count). The van der Waals surface area contributed by atoms with Gasteiger partial charge in [0.2, 0.25) is 6.79 Å². The van der Waals surface area contributed by atoms with Crippen molar-refractivity contribution < 1.29 is 14.2 Å². The van der Waals surface area contributed by atoms with Crippen LogP contribution in [-0.2, 0) is 24.2 Å². The molecule has 0 amide bonds. The maximum Gasteiger partial charge on any atom is 0.231 e. The van der Waals surface area contributed by atoms with Gasteiger partial charge in [0.05, 0.1) is 12.3 Å². The van der Waals surface area contributed by atoms with E-state index < -0.39 is 0 Å². The van der Waals surface area contributed by atoms with Crippen molar-refractivity contribution in [3.05, 3.63) is 89.7 Å². The van der Waals surface area contributed by atoms with Crippen LogP contribution >= 0.6 is 0 Å². The second-order valence-electron chi connectivity index (χ2n) is 9.84. The minimum Gasteiger partial charge on any atom is -0.454 e. The summed E-state index contributed by atoms with van der Waals surface area (Å²) in [5, 5.41) is 0. The molecule has 1 fully saturated rings. The molecule has 190 valence electrons. The predicted octanol–water partition coefficient (Wildman–Crippen LogP) is 4.78. The van der Waals surface area contributed by atoms with Gasteiger partial charge in [0, 0.05) is 39.0 Å². The second kappa shape index (κ2) is 12.3. The van der Waals surface area contributed by atoms with Gasteiger partial charge in [-0.15, -0.1) is 0 Å². The molecule has 1 atom stereocenters. The molecule has 6 heteroatoms. The van der Waals surface area contributed by atoms with Crippen LogP contribution in [0.3, 0.4) is 0 Å². The SMILES string of the molecule is COCCN(Cc1ccccn1)C(Cc1ccccc1)C1CCN(Cc2ccc3c(c2)OCO3)CC1. The highest BCUT2D eigenvalue weighted by Crippen LogP contribution is 2.34. The van der Waals surface area contributed by atoms with E-state index in [2.05, 4.69) is 69.4 Å². The molecule has 3 heterocycles. The molecule has 0 aliphatic carbocycles. The summed E-state index contributed by atoms with van der Waals surface area (Å²) in [6, 6.07) is 23.9. The summed E-state index contributed by atoms with van der Waals surface area (Å²) in [6.45, 7) is 5.96. The number of ether oxygens (including phenoxy) is 3. The van der Waals surface area contributed by atoms with Crippen LogP contribution in [0.25, 0.3) is 0 Å². The molecule has 1 aromatic heterocycles. The van der Waals surface area contributed by atoms with E-state index in [-0.39, 0.29) is 0 Å². The van der Waals surface area contributed by atoms with Crippen molar-refractivity contribution in [3.8, 4) is 11.5 Å². The first-order valence-electron chi connectivity index (χ1n) is 13.1.